The van der Waals surface area contributed by atoms with Crippen LogP contribution in [0.2, 0.25) is 5.02 Å². The van der Waals surface area contributed by atoms with Crippen molar-refractivity contribution < 1.29 is 9.53 Å². The van der Waals surface area contributed by atoms with E-state index in [1.807, 2.05) is 35.2 Å². The monoisotopic (exact) mass is 481 g/mol. The lowest BCUT2D eigenvalue weighted by molar-refractivity contribution is -0.118. The molecule has 0 aliphatic rings. The summed E-state index contributed by atoms with van der Waals surface area (Å²) in [6.45, 7) is 7.55. The van der Waals surface area contributed by atoms with Gasteiger partial charge in [0.1, 0.15) is 11.3 Å². The third kappa shape index (κ3) is 6.32. The highest BCUT2D eigenvalue weighted by molar-refractivity contribution is 7.23. The highest BCUT2D eigenvalue weighted by Crippen LogP contribution is 2.38. The molecule has 0 bridgehead atoms. The number of carbonyl (C=O) groups is 1. The van der Waals surface area contributed by atoms with Crippen LogP contribution in [0.15, 0.2) is 42.5 Å². The predicted molar refractivity (Wildman–Crippen MR) is 133 cm³/mol. The standard InChI is InChI=1S/C23H28ClN3O2S.ClH/c1-4-26(5-2)15-16-27(20(28)14-11-17-9-7-6-8-10-17)23-25-21-19(29-3)13-12-18(24)22(21)30-23;/h6-10,12-13H,4-5,11,14-16H2,1-3H3;1H. The summed E-state index contributed by atoms with van der Waals surface area (Å²) in [6.07, 6.45) is 1.14. The van der Waals surface area contributed by atoms with E-state index in [1.165, 1.54) is 11.3 Å². The number of hydrogen-bond donors (Lipinski definition) is 0. The molecule has 0 aliphatic carbocycles. The van der Waals surface area contributed by atoms with E-state index in [1.54, 1.807) is 7.11 Å². The molecule has 0 radical (unpaired) electrons. The van der Waals surface area contributed by atoms with Crippen molar-refractivity contribution in [2.24, 2.45) is 0 Å². The van der Waals surface area contributed by atoms with E-state index in [4.69, 9.17) is 21.3 Å². The summed E-state index contributed by atoms with van der Waals surface area (Å²) in [7, 11) is 1.62. The lowest BCUT2D eigenvalue weighted by Gasteiger charge is -2.24. The zero-order valence-corrected chi connectivity index (χ0v) is 20.5. The van der Waals surface area contributed by atoms with Gasteiger partial charge in [0.15, 0.2) is 5.13 Å². The number of rotatable bonds is 10. The molecule has 3 aromatic rings. The summed E-state index contributed by atoms with van der Waals surface area (Å²) in [6, 6.07) is 13.7. The minimum atomic E-state index is 0. The van der Waals surface area contributed by atoms with Crippen molar-refractivity contribution in [3.63, 3.8) is 0 Å². The van der Waals surface area contributed by atoms with Crippen LogP contribution < -0.4 is 9.64 Å². The van der Waals surface area contributed by atoms with Gasteiger partial charge in [-0.05, 0) is 37.2 Å². The van der Waals surface area contributed by atoms with Crippen LogP contribution in [0.4, 0.5) is 5.13 Å². The maximum Gasteiger partial charge on any atom is 0.229 e. The third-order valence-electron chi connectivity index (χ3n) is 5.20. The Morgan fingerprint density at radius 1 is 1.10 bits per heavy atom. The van der Waals surface area contributed by atoms with E-state index in [0.717, 1.165) is 29.9 Å². The van der Waals surface area contributed by atoms with Crippen LogP contribution in [0.1, 0.15) is 25.8 Å². The van der Waals surface area contributed by atoms with Crippen LogP contribution >= 0.6 is 35.3 Å². The maximum atomic E-state index is 13.2. The molecule has 0 fully saturated rings. The highest BCUT2D eigenvalue weighted by atomic mass is 35.5. The number of hydrogen-bond acceptors (Lipinski definition) is 5. The fraction of sp³-hybridized carbons (Fsp3) is 0.391. The summed E-state index contributed by atoms with van der Waals surface area (Å²) in [5.74, 6) is 0.734. The Kier molecular flexibility index (Phi) is 10.0. The molecule has 5 nitrogen and oxygen atoms in total. The zero-order valence-electron chi connectivity index (χ0n) is 18.1. The predicted octanol–water partition coefficient (Wildman–Crippen LogP) is 5.69. The zero-order chi connectivity index (χ0) is 21.5. The summed E-state index contributed by atoms with van der Waals surface area (Å²) < 4.78 is 6.29. The molecular weight excluding hydrogens is 453 g/mol. The molecular formula is C23H29Cl2N3O2S. The smallest absolute Gasteiger partial charge is 0.229 e. The van der Waals surface area contributed by atoms with Gasteiger partial charge in [-0.15, -0.1) is 12.4 Å². The molecule has 0 N–H and O–H groups in total. The molecule has 0 spiro atoms. The van der Waals surface area contributed by atoms with Gasteiger partial charge in [-0.2, -0.15) is 0 Å². The lowest BCUT2D eigenvalue weighted by Crippen LogP contribution is -2.39. The fourth-order valence-corrected chi connectivity index (χ4v) is 4.66. The van der Waals surface area contributed by atoms with Gasteiger partial charge in [0, 0.05) is 19.5 Å². The molecule has 8 heteroatoms. The first-order valence-corrected chi connectivity index (χ1v) is 11.5. The molecule has 0 saturated carbocycles. The Hall–Kier alpha value is -1.86. The van der Waals surface area contributed by atoms with Crippen molar-refractivity contribution in [2.45, 2.75) is 26.7 Å². The molecule has 0 saturated heterocycles. The summed E-state index contributed by atoms with van der Waals surface area (Å²) in [5.41, 5.74) is 1.86. The number of amides is 1. The number of halogens is 2. The van der Waals surface area contributed by atoms with Crippen LogP contribution in [0, 0.1) is 0 Å². The van der Waals surface area contributed by atoms with Crippen molar-refractivity contribution in [1.82, 2.24) is 9.88 Å². The molecule has 2 aromatic carbocycles. The number of aryl methyl sites for hydroxylation is 1. The number of carbonyl (C=O) groups excluding carboxylic acids is 1. The number of nitrogens with zero attached hydrogens (tertiary/aromatic N) is 3. The van der Waals surface area contributed by atoms with E-state index < -0.39 is 0 Å². The van der Waals surface area contributed by atoms with Crippen LogP contribution in [0.5, 0.6) is 5.75 Å². The van der Waals surface area contributed by atoms with E-state index in [0.29, 0.717) is 40.8 Å². The second-order valence-electron chi connectivity index (χ2n) is 6.98. The first-order valence-electron chi connectivity index (χ1n) is 10.3. The Morgan fingerprint density at radius 3 is 2.45 bits per heavy atom. The molecule has 1 heterocycles. The molecule has 1 aromatic heterocycles. The lowest BCUT2D eigenvalue weighted by atomic mass is 10.1. The number of ether oxygens (including phenoxy) is 1. The second kappa shape index (κ2) is 12.2. The normalized spacial score (nSPS) is 10.9. The first kappa shape index (κ1) is 25.4. The van der Waals surface area contributed by atoms with Crippen molar-refractivity contribution >= 4 is 56.6 Å². The minimum absolute atomic E-state index is 0. The Bertz CT molecular complexity index is 978. The first-order chi connectivity index (χ1) is 14.6. The quantitative estimate of drug-likeness (QED) is 0.373. The van der Waals surface area contributed by atoms with Gasteiger partial charge in [-0.25, -0.2) is 4.98 Å². The average Bonchev–Trinajstić information content (AvgIpc) is 3.22. The van der Waals surface area contributed by atoms with Crippen LogP contribution in [-0.2, 0) is 11.2 Å². The Morgan fingerprint density at radius 2 is 1.81 bits per heavy atom. The largest absolute Gasteiger partial charge is 0.494 e. The second-order valence-corrected chi connectivity index (χ2v) is 8.37. The van der Waals surface area contributed by atoms with E-state index in [2.05, 4.69) is 30.9 Å². The van der Waals surface area contributed by atoms with Gasteiger partial charge in [0.25, 0.3) is 0 Å². The summed E-state index contributed by atoms with van der Waals surface area (Å²) >= 11 is 7.84. The molecule has 168 valence electrons. The molecule has 3 rings (SSSR count). The van der Waals surface area contributed by atoms with Crippen LogP contribution in [-0.4, -0.2) is 49.1 Å². The SMILES string of the molecule is CCN(CC)CCN(C(=O)CCc1ccccc1)c1nc2c(OC)ccc(Cl)c2s1.Cl. The van der Waals surface area contributed by atoms with E-state index in [-0.39, 0.29) is 18.3 Å². The number of anilines is 1. The minimum Gasteiger partial charge on any atom is -0.494 e. The van der Waals surface area contributed by atoms with Gasteiger partial charge in [0.2, 0.25) is 5.91 Å². The van der Waals surface area contributed by atoms with Gasteiger partial charge >= 0.3 is 0 Å². The van der Waals surface area contributed by atoms with Crippen molar-refractivity contribution in [2.75, 3.05) is 38.2 Å². The van der Waals surface area contributed by atoms with Gasteiger partial charge in [-0.1, -0.05) is 67.1 Å². The average molecular weight is 482 g/mol. The van der Waals surface area contributed by atoms with E-state index >= 15 is 0 Å². The van der Waals surface area contributed by atoms with Crippen molar-refractivity contribution in [3.8, 4) is 5.75 Å². The van der Waals surface area contributed by atoms with Crippen LogP contribution in [0.25, 0.3) is 10.2 Å². The Balaban J connectivity index is 0.00000341. The topological polar surface area (TPSA) is 45.7 Å². The molecule has 31 heavy (non-hydrogen) atoms. The molecule has 0 atom stereocenters. The summed E-state index contributed by atoms with van der Waals surface area (Å²) in [5, 5.41) is 1.29. The van der Waals surface area contributed by atoms with Gasteiger partial charge < -0.3 is 9.64 Å². The maximum absolute atomic E-state index is 13.2. The number of fused-ring (bicyclic) bond motifs is 1. The van der Waals surface area contributed by atoms with E-state index in [9.17, 15) is 4.79 Å². The van der Waals surface area contributed by atoms with Gasteiger partial charge in [0.05, 0.1) is 16.8 Å². The third-order valence-corrected chi connectivity index (χ3v) is 6.74. The molecule has 0 unspecified atom stereocenters. The number of likely N-dealkylation sites (N-methyl/N-ethyl adjacent to an activating group) is 1. The fourth-order valence-electron chi connectivity index (χ4n) is 3.36. The number of methoxy groups -OCH3 is 1. The molecule has 0 aliphatic heterocycles. The van der Waals surface area contributed by atoms with Crippen LogP contribution in [0.3, 0.4) is 0 Å². The number of benzene rings is 2. The van der Waals surface area contributed by atoms with Crippen molar-refractivity contribution in [3.05, 3.63) is 53.1 Å². The van der Waals surface area contributed by atoms with Gasteiger partial charge in [-0.3, -0.25) is 9.69 Å². The number of aromatic nitrogens is 1. The van der Waals surface area contributed by atoms with Crippen molar-refractivity contribution in [1.29, 1.82) is 0 Å². The highest BCUT2D eigenvalue weighted by Gasteiger charge is 2.22. The number of thiazole rings is 1. The summed E-state index contributed by atoms with van der Waals surface area (Å²) in [4.78, 5) is 22.1. The Labute approximate surface area is 199 Å². The molecule has 1 amide bonds.